The van der Waals surface area contributed by atoms with E-state index in [4.69, 9.17) is 9.47 Å². The molecule has 4 rings (SSSR count). The van der Waals surface area contributed by atoms with Crippen LogP contribution in [0.2, 0.25) is 0 Å². The van der Waals surface area contributed by atoms with Crippen LogP contribution in [-0.4, -0.2) is 30.0 Å². The molecule has 0 aliphatic carbocycles. The first-order valence-corrected chi connectivity index (χ1v) is 12.3. The van der Waals surface area contributed by atoms with Gasteiger partial charge in [0.25, 0.3) is 0 Å². The highest BCUT2D eigenvalue weighted by Gasteiger charge is 2.16. The molecule has 2 N–H and O–H groups in total. The van der Waals surface area contributed by atoms with Crippen molar-refractivity contribution in [2.75, 3.05) is 5.32 Å². The monoisotopic (exact) mass is 535 g/mol. The van der Waals surface area contributed by atoms with Gasteiger partial charge in [0.15, 0.2) is 0 Å². The van der Waals surface area contributed by atoms with E-state index in [1.807, 2.05) is 19.1 Å². The molecule has 4 aromatic rings. The smallest absolute Gasteiger partial charge is 0.343 e. The Morgan fingerprint density at radius 2 is 1.32 bits per heavy atom. The van der Waals surface area contributed by atoms with Gasteiger partial charge >= 0.3 is 23.8 Å². The molecule has 2 amide bonds. The Morgan fingerprint density at radius 3 is 1.93 bits per heavy atom. The largest absolute Gasteiger partial charge is 0.423 e. The molecule has 200 valence electrons. The minimum absolute atomic E-state index is 0.0191. The highest BCUT2D eigenvalue weighted by molar-refractivity contribution is 6.39. The topological polar surface area (TPSA) is 123 Å². The van der Waals surface area contributed by atoms with Crippen molar-refractivity contribution in [3.8, 4) is 11.5 Å². The number of hydrogen-bond donors (Lipinski definition) is 2. The lowest BCUT2D eigenvalue weighted by molar-refractivity contribution is -0.136. The van der Waals surface area contributed by atoms with E-state index in [2.05, 4.69) is 15.8 Å². The van der Waals surface area contributed by atoms with Crippen molar-refractivity contribution < 1.29 is 28.7 Å². The quantitative estimate of drug-likeness (QED) is 0.110. The molecule has 0 bridgehead atoms. The van der Waals surface area contributed by atoms with Crippen molar-refractivity contribution in [2.24, 2.45) is 5.10 Å². The zero-order chi connectivity index (χ0) is 28.3. The maximum Gasteiger partial charge on any atom is 0.343 e. The fraction of sp³-hybridized carbons (Fsp3) is 0.0645. The summed E-state index contributed by atoms with van der Waals surface area (Å²) in [4.78, 5) is 49.7. The van der Waals surface area contributed by atoms with Gasteiger partial charge in [-0.25, -0.2) is 15.0 Å². The van der Waals surface area contributed by atoms with E-state index in [9.17, 15) is 19.2 Å². The number of benzene rings is 4. The number of esters is 2. The van der Waals surface area contributed by atoms with Crippen LogP contribution in [-0.2, 0) is 16.0 Å². The Morgan fingerprint density at radius 1 is 0.725 bits per heavy atom. The van der Waals surface area contributed by atoms with E-state index < -0.39 is 23.8 Å². The number of rotatable bonds is 8. The molecule has 9 nitrogen and oxygen atoms in total. The van der Waals surface area contributed by atoms with Crippen LogP contribution in [0.1, 0.15) is 38.8 Å². The van der Waals surface area contributed by atoms with Crippen LogP contribution in [0.5, 0.6) is 11.5 Å². The maximum atomic E-state index is 12.7. The summed E-state index contributed by atoms with van der Waals surface area (Å²) in [5, 5.41) is 6.32. The van der Waals surface area contributed by atoms with E-state index in [0.717, 1.165) is 12.0 Å². The molecule has 0 unspecified atom stereocenters. The summed E-state index contributed by atoms with van der Waals surface area (Å²) >= 11 is 0. The summed E-state index contributed by atoms with van der Waals surface area (Å²) in [5.41, 5.74) is 4.63. The first kappa shape index (κ1) is 27.5. The molecular formula is C31H25N3O6. The molecule has 0 atom stereocenters. The van der Waals surface area contributed by atoms with Crippen molar-refractivity contribution in [3.05, 3.63) is 125 Å². The van der Waals surface area contributed by atoms with Gasteiger partial charge < -0.3 is 14.8 Å². The summed E-state index contributed by atoms with van der Waals surface area (Å²) in [6, 6.07) is 28.2. The number of hydrogen-bond acceptors (Lipinski definition) is 7. The predicted octanol–water partition coefficient (Wildman–Crippen LogP) is 4.78. The number of carbonyl (C=O) groups excluding carboxylic acids is 4. The Kier molecular flexibility index (Phi) is 9.13. The molecule has 9 heteroatoms. The highest BCUT2D eigenvalue weighted by Crippen LogP contribution is 2.26. The summed E-state index contributed by atoms with van der Waals surface area (Å²) in [6.07, 6.45) is 2.06. The predicted molar refractivity (Wildman–Crippen MR) is 149 cm³/mol. The van der Waals surface area contributed by atoms with Gasteiger partial charge in [-0.2, -0.15) is 5.10 Å². The number of nitrogens with zero attached hydrogens (tertiary/aromatic N) is 1. The first-order chi connectivity index (χ1) is 19.4. The molecule has 0 radical (unpaired) electrons. The van der Waals surface area contributed by atoms with Crippen molar-refractivity contribution in [1.82, 2.24) is 5.43 Å². The van der Waals surface area contributed by atoms with Crippen LogP contribution in [0, 0.1) is 0 Å². The highest BCUT2D eigenvalue weighted by atomic mass is 16.5. The number of anilines is 1. The van der Waals surface area contributed by atoms with Crippen molar-refractivity contribution >= 4 is 35.7 Å². The van der Waals surface area contributed by atoms with Gasteiger partial charge in [0, 0.05) is 17.3 Å². The van der Waals surface area contributed by atoms with E-state index in [1.165, 1.54) is 24.4 Å². The minimum Gasteiger partial charge on any atom is -0.423 e. The zero-order valence-electron chi connectivity index (χ0n) is 21.5. The third kappa shape index (κ3) is 7.48. The molecule has 0 saturated heterocycles. The molecule has 0 heterocycles. The summed E-state index contributed by atoms with van der Waals surface area (Å²) in [5.74, 6) is -3.00. The molecule has 4 aromatic carbocycles. The number of ether oxygens (including phenoxy) is 2. The molecule has 0 aliphatic heterocycles. The van der Waals surface area contributed by atoms with Gasteiger partial charge in [-0.05, 0) is 60.5 Å². The Bertz CT molecular complexity index is 1530. The van der Waals surface area contributed by atoms with Gasteiger partial charge in [0.05, 0.1) is 17.3 Å². The van der Waals surface area contributed by atoms with Crippen LogP contribution in [0.4, 0.5) is 5.69 Å². The Balaban J connectivity index is 1.48. The summed E-state index contributed by atoms with van der Waals surface area (Å²) in [7, 11) is 0. The average Bonchev–Trinajstić information content (AvgIpc) is 2.99. The number of nitrogens with one attached hydrogen (secondary N) is 2. The van der Waals surface area contributed by atoms with Gasteiger partial charge in [-0.3, -0.25) is 9.59 Å². The van der Waals surface area contributed by atoms with Crippen LogP contribution >= 0.6 is 0 Å². The second-order valence-corrected chi connectivity index (χ2v) is 8.41. The third-order valence-corrected chi connectivity index (χ3v) is 5.61. The van der Waals surface area contributed by atoms with Gasteiger partial charge in [0.2, 0.25) is 0 Å². The van der Waals surface area contributed by atoms with E-state index >= 15 is 0 Å². The van der Waals surface area contributed by atoms with E-state index in [1.54, 1.807) is 72.8 Å². The minimum atomic E-state index is -0.993. The van der Waals surface area contributed by atoms with E-state index in [-0.39, 0.29) is 17.1 Å². The fourth-order valence-electron chi connectivity index (χ4n) is 3.47. The van der Waals surface area contributed by atoms with Gasteiger partial charge in [-0.15, -0.1) is 0 Å². The summed E-state index contributed by atoms with van der Waals surface area (Å²) < 4.78 is 11.0. The molecule has 0 aliphatic rings. The number of carbonyl (C=O) groups is 4. The van der Waals surface area contributed by atoms with Crippen LogP contribution in [0.25, 0.3) is 0 Å². The molecule has 0 saturated carbocycles. The molecule has 0 fully saturated rings. The van der Waals surface area contributed by atoms with Crippen LogP contribution in [0.15, 0.2) is 108 Å². The lowest BCUT2D eigenvalue weighted by Crippen LogP contribution is -2.32. The maximum absolute atomic E-state index is 12.7. The molecule has 0 spiro atoms. The number of aryl methyl sites for hydroxylation is 1. The van der Waals surface area contributed by atoms with Crippen molar-refractivity contribution in [3.63, 3.8) is 0 Å². The SMILES string of the molecule is CCc1ccc(NC(=O)C(=O)N/N=C/c2ccc(OC(=O)c3ccccc3)cc2OC(=O)c2ccccc2)cc1. The first-order valence-electron chi connectivity index (χ1n) is 12.3. The summed E-state index contributed by atoms with van der Waals surface area (Å²) in [6.45, 7) is 2.01. The van der Waals surface area contributed by atoms with E-state index in [0.29, 0.717) is 16.8 Å². The molecular weight excluding hydrogens is 510 g/mol. The molecule has 40 heavy (non-hydrogen) atoms. The van der Waals surface area contributed by atoms with Crippen LogP contribution in [0.3, 0.4) is 0 Å². The Labute approximate surface area is 230 Å². The number of hydrazone groups is 1. The van der Waals surface area contributed by atoms with Gasteiger partial charge in [0.1, 0.15) is 11.5 Å². The zero-order valence-corrected chi connectivity index (χ0v) is 21.5. The van der Waals surface area contributed by atoms with Crippen molar-refractivity contribution in [2.45, 2.75) is 13.3 Å². The lowest BCUT2D eigenvalue weighted by atomic mass is 10.1. The average molecular weight is 536 g/mol. The fourth-order valence-corrected chi connectivity index (χ4v) is 3.47. The third-order valence-electron chi connectivity index (χ3n) is 5.61. The number of amides is 2. The normalized spacial score (nSPS) is 10.5. The lowest BCUT2D eigenvalue weighted by Gasteiger charge is -2.10. The standard InChI is InChI=1S/C31H25N3O6/c1-2-21-13-16-25(17-14-21)33-28(35)29(36)34-32-20-24-15-18-26(39-30(37)22-9-5-3-6-10-22)19-27(24)40-31(38)23-11-7-4-8-12-23/h3-20H,2H2,1H3,(H,33,35)(H,34,36)/b32-20+. The second kappa shape index (κ2) is 13.3. The molecule has 0 aromatic heterocycles. The van der Waals surface area contributed by atoms with Crippen molar-refractivity contribution in [1.29, 1.82) is 0 Å². The van der Waals surface area contributed by atoms with Gasteiger partial charge in [-0.1, -0.05) is 55.5 Å². The Hall–Kier alpha value is -5.57. The second-order valence-electron chi connectivity index (χ2n) is 8.41. The van der Waals surface area contributed by atoms with Crippen LogP contribution < -0.4 is 20.2 Å².